The molecule has 2 saturated heterocycles. The van der Waals surface area contributed by atoms with Gasteiger partial charge in [0.05, 0.1) is 7.11 Å². The number of ether oxygens (including phenoxy) is 1. The number of benzene rings is 1. The Hall–Kier alpha value is -2.15. The number of carboxylic acids is 1. The largest absolute Gasteiger partial charge is 0.494 e. The zero-order valence-electron chi connectivity index (χ0n) is 15.0. The molecule has 0 bridgehead atoms. The maximum atomic E-state index is 13.5. The van der Waals surface area contributed by atoms with E-state index in [1.807, 2.05) is 0 Å². The lowest BCUT2D eigenvalue weighted by molar-refractivity contribution is -0.149. The number of likely N-dealkylation sites (tertiary alicyclic amines) is 2. The Morgan fingerprint density at radius 3 is 2.69 bits per heavy atom. The van der Waals surface area contributed by atoms with Crippen LogP contribution < -0.4 is 4.74 Å². The van der Waals surface area contributed by atoms with E-state index < -0.39 is 5.97 Å². The molecule has 1 aromatic carbocycles. The number of amides is 1. The lowest BCUT2D eigenvalue weighted by atomic mass is 9.72. The highest BCUT2D eigenvalue weighted by Gasteiger charge is 2.41. The molecule has 1 aromatic rings. The van der Waals surface area contributed by atoms with Crippen molar-refractivity contribution in [2.45, 2.75) is 32.2 Å². The lowest BCUT2D eigenvalue weighted by Gasteiger charge is -2.47. The van der Waals surface area contributed by atoms with E-state index in [2.05, 4.69) is 4.90 Å². The van der Waals surface area contributed by atoms with Crippen molar-refractivity contribution in [3.63, 3.8) is 0 Å². The van der Waals surface area contributed by atoms with Crippen molar-refractivity contribution in [3.05, 3.63) is 29.6 Å². The molecule has 0 aliphatic carbocycles. The molecular formula is C19H25FN2O4. The van der Waals surface area contributed by atoms with Crippen molar-refractivity contribution in [2.24, 2.45) is 5.41 Å². The summed E-state index contributed by atoms with van der Waals surface area (Å²) in [5.74, 6) is -1.12. The molecule has 7 heteroatoms. The van der Waals surface area contributed by atoms with Gasteiger partial charge in [-0.05, 0) is 55.5 Å². The number of carbonyl (C=O) groups excluding carboxylic acids is 1. The number of piperidine rings is 2. The Balaban J connectivity index is 1.58. The van der Waals surface area contributed by atoms with Gasteiger partial charge in [-0.25, -0.2) is 4.39 Å². The summed E-state index contributed by atoms with van der Waals surface area (Å²) in [7, 11) is 1.46. The van der Waals surface area contributed by atoms with Gasteiger partial charge >= 0.3 is 5.97 Å². The molecule has 6 nitrogen and oxygen atoms in total. The topological polar surface area (TPSA) is 70.1 Å². The third-order valence-electron chi connectivity index (χ3n) is 5.61. The van der Waals surface area contributed by atoms with Crippen LogP contribution in [0.15, 0.2) is 18.2 Å². The van der Waals surface area contributed by atoms with E-state index in [9.17, 15) is 14.0 Å². The van der Waals surface area contributed by atoms with E-state index >= 15 is 0 Å². The fourth-order valence-corrected chi connectivity index (χ4v) is 4.06. The summed E-state index contributed by atoms with van der Waals surface area (Å²) in [6.45, 7) is 2.82. The molecule has 0 aromatic heterocycles. The summed E-state index contributed by atoms with van der Waals surface area (Å²) < 4.78 is 18.6. The Morgan fingerprint density at radius 2 is 2.04 bits per heavy atom. The zero-order valence-corrected chi connectivity index (χ0v) is 15.0. The molecule has 142 valence electrons. The number of methoxy groups -OCH3 is 1. The van der Waals surface area contributed by atoms with Gasteiger partial charge < -0.3 is 14.7 Å². The molecule has 0 atom stereocenters. The number of hydrogen-bond acceptors (Lipinski definition) is 4. The van der Waals surface area contributed by atoms with Crippen molar-refractivity contribution in [1.82, 2.24) is 9.80 Å². The first-order valence-electron chi connectivity index (χ1n) is 8.95. The number of carboxylic acid groups (broad SMARTS) is 1. The van der Waals surface area contributed by atoms with Gasteiger partial charge in [0, 0.05) is 19.5 Å². The van der Waals surface area contributed by atoms with Crippen LogP contribution in [-0.4, -0.2) is 60.1 Å². The number of rotatable bonds is 5. The second-order valence-corrected chi connectivity index (χ2v) is 7.39. The van der Waals surface area contributed by atoms with Crippen LogP contribution in [0.4, 0.5) is 4.39 Å². The first-order valence-corrected chi connectivity index (χ1v) is 8.95. The van der Waals surface area contributed by atoms with Crippen LogP contribution in [0.3, 0.4) is 0 Å². The Kier molecular flexibility index (Phi) is 5.46. The molecule has 26 heavy (non-hydrogen) atoms. The smallest absolute Gasteiger partial charge is 0.323 e. The van der Waals surface area contributed by atoms with Crippen LogP contribution in [0.2, 0.25) is 0 Å². The van der Waals surface area contributed by atoms with E-state index in [4.69, 9.17) is 9.84 Å². The van der Waals surface area contributed by atoms with Crippen LogP contribution in [0, 0.1) is 11.2 Å². The third kappa shape index (κ3) is 4.15. The minimum absolute atomic E-state index is 0.0281. The minimum atomic E-state index is -0.960. The van der Waals surface area contributed by atoms with Gasteiger partial charge in [0.25, 0.3) is 0 Å². The molecule has 2 heterocycles. The lowest BCUT2D eigenvalue weighted by Crippen LogP contribution is -2.52. The number of halogens is 1. The quantitative estimate of drug-likeness (QED) is 0.867. The number of carbonyl (C=O) groups is 2. The van der Waals surface area contributed by atoms with Gasteiger partial charge in [-0.3, -0.25) is 14.5 Å². The Labute approximate surface area is 152 Å². The highest BCUT2D eigenvalue weighted by atomic mass is 19.1. The molecule has 2 fully saturated rings. The average molecular weight is 364 g/mol. The molecule has 0 unspecified atom stereocenters. The van der Waals surface area contributed by atoms with Gasteiger partial charge in [-0.2, -0.15) is 0 Å². The molecule has 0 saturated carbocycles. The van der Waals surface area contributed by atoms with Crippen LogP contribution >= 0.6 is 0 Å². The van der Waals surface area contributed by atoms with Gasteiger partial charge in [0.2, 0.25) is 5.91 Å². The Morgan fingerprint density at radius 1 is 1.31 bits per heavy atom. The summed E-state index contributed by atoms with van der Waals surface area (Å²) in [5.41, 5.74) is 1.03. The van der Waals surface area contributed by atoms with Gasteiger partial charge in [-0.15, -0.1) is 0 Å². The number of aliphatic carboxylic acids is 1. The highest BCUT2D eigenvalue weighted by molar-refractivity contribution is 5.82. The zero-order chi connectivity index (χ0) is 18.7. The molecule has 0 radical (unpaired) electrons. The summed E-state index contributed by atoms with van der Waals surface area (Å²) >= 11 is 0. The van der Waals surface area contributed by atoms with Crippen LogP contribution in [-0.2, 0) is 16.1 Å². The number of nitrogens with zero attached hydrogens (tertiary/aromatic N) is 2. The van der Waals surface area contributed by atoms with Crippen molar-refractivity contribution in [2.75, 3.05) is 33.3 Å². The summed E-state index contributed by atoms with van der Waals surface area (Å²) in [5, 5.41) is 9.00. The predicted molar refractivity (Wildman–Crippen MR) is 93.3 cm³/mol. The van der Waals surface area contributed by atoms with Crippen molar-refractivity contribution in [3.8, 4) is 5.75 Å². The first-order chi connectivity index (χ1) is 12.4. The minimum Gasteiger partial charge on any atom is -0.494 e. The summed E-state index contributed by atoms with van der Waals surface area (Å²) in [6.07, 6.45) is 3.14. The molecule has 3 rings (SSSR count). The molecule has 1 spiro atoms. The maximum Gasteiger partial charge on any atom is 0.323 e. The van der Waals surface area contributed by atoms with Crippen LogP contribution in [0.1, 0.15) is 31.2 Å². The SMILES string of the molecule is COc1cc(CN2CCC3(CCC(=O)N(CC(=O)O)C3)CC2)ccc1F. The molecule has 1 N–H and O–H groups in total. The van der Waals surface area contributed by atoms with E-state index in [0.717, 1.165) is 44.5 Å². The highest BCUT2D eigenvalue weighted by Crippen LogP contribution is 2.40. The monoisotopic (exact) mass is 364 g/mol. The van der Waals surface area contributed by atoms with E-state index in [1.165, 1.54) is 18.1 Å². The molecule has 2 aliphatic rings. The van der Waals surface area contributed by atoms with Gasteiger partial charge in [0.15, 0.2) is 11.6 Å². The van der Waals surface area contributed by atoms with Crippen molar-refractivity contribution < 1.29 is 23.8 Å². The molecular weight excluding hydrogens is 339 g/mol. The van der Waals surface area contributed by atoms with Gasteiger partial charge in [0.1, 0.15) is 6.54 Å². The summed E-state index contributed by atoms with van der Waals surface area (Å²) in [6, 6.07) is 4.93. The number of hydrogen-bond donors (Lipinski definition) is 1. The van der Waals surface area contributed by atoms with E-state index in [-0.39, 0.29) is 29.4 Å². The maximum absolute atomic E-state index is 13.5. The molecule has 2 aliphatic heterocycles. The summed E-state index contributed by atoms with van der Waals surface area (Å²) in [4.78, 5) is 26.7. The first kappa shape index (κ1) is 18.6. The van der Waals surface area contributed by atoms with E-state index in [0.29, 0.717) is 13.0 Å². The second kappa shape index (κ2) is 7.61. The second-order valence-electron chi connectivity index (χ2n) is 7.39. The average Bonchev–Trinajstić information content (AvgIpc) is 2.61. The normalized spacial score (nSPS) is 20.4. The molecule has 1 amide bonds. The fraction of sp³-hybridized carbons (Fsp3) is 0.579. The predicted octanol–water partition coefficient (Wildman–Crippen LogP) is 2.12. The van der Waals surface area contributed by atoms with Crippen molar-refractivity contribution >= 4 is 11.9 Å². The fourth-order valence-electron chi connectivity index (χ4n) is 4.06. The standard InChI is InChI=1S/C19H25FN2O4/c1-26-16-10-14(2-3-15(16)20)11-21-8-6-19(7-9-21)5-4-17(23)22(13-19)12-18(24)25/h2-3,10H,4-9,11-13H2,1H3,(H,24,25). The Bertz CT molecular complexity index is 686. The third-order valence-corrected chi connectivity index (χ3v) is 5.61. The van der Waals surface area contributed by atoms with Gasteiger partial charge in [-0.1, -0.05) is 6.07 Å². The van der Waals surface area contributed by atoms with Crippen molar-refractivity contribution in [1.29, 1.82) is 0 Å². The van der Waals surface area contributed by atoms with Crippen LogP contribution in [0.5, 0.6) is 5.75 Å². The van der Waals surface area contributed by atoms with Crippen LogP contribution in [0.25, 0.3) is 0 Å². The van der Waals surface area contributed by atoms with E-state index in [1.54, 1.807) is 12.1 Å².